The van der Waals surface area contributed by atoms with Crippen LogP contribution in [-0.2, 0) is 10.7 Å². The molecule has 3 aromatic rings. The number of hydrogen-bond acceptors (Lipinski definition) is 6. The van der Waals surface area contributed by atoms with Crippen LogP contribution in [0, 0.1) is 5.92 Å². The number of fused-ring (bicyclic) bond motifs is 4. The number of carbonyl (C=O) groups excluding carboxylic acids is 1. The zero-order valence-corrected chi connectivity index (χ0v) is 20.7. The molecule has 196 valence electrons. The molecule has 37 heavy (non-hydrogen) atoms. The molecule has 6 rings (SSSR count). The van der Waals surface area contributed by atoms with Gasteiger partial charge in [0.15, 0.2) is 17.3 Å². The van der Waals surface area contributed by atoms with Crippen LogP contribution in [0.3, 0.4) is 0 Å². The number of halogens is 3. The van der Waals surface area contributed by atoms with Crippen molar-refractivity contribution >= 4 is 28.5 Å². The van der Waals surface area contributed by atoms with Gasteiger partial charge in [0.25, 0.3) is 5.91 Å². The van der Waals surface area contributed by atoms with Crippen LogP contribution in [0.5, 0.6) is 11.5 Å². The monoisotopic (exact) mass is 532 g/mol. The minimum atomic E-state index is -3.96. The van der Waals surface area contributed by atoms with Gasteiger partial charge < -0.3 is 24.3 Å². The second-order valence-electron chi connectivity index (χ2n) is 10.1. The number of likely N-dealkylation sites (tertiary alicyclic amines) is 1. The van der Waals surface area contributed by atoms with Gasteiger partial charge in [-0.25, -0.2) is 0 Å². The molecule has 1 amide bonds. The Bertz CT molecular complexity index is 1330. The van der Waals surface area contributed by atoms with Gasteiger partial charge in [-0.3, -0.25) is 9.69 Å². The van der Waals surface area contributed by atoms with Crippen LogP contribution in [0.25, 0.3) is 11.0 Å². The van der Waals surface area contributed by atoms with Crippen LogP contribution in [0.1, 0.15) is 36.7 Å². The van der Waals surface area contributed by atoms with E-state index in [0.717, 1.165) is 31.9 Å². The topological polar surface area (TPSA) is 84.2 Å². The van der Waals surface area contributed by atoms with E-state index in [4.69, 9.17) is 25.5 Å². The molecule has 7 nitrogen and oxygen atoms in total. The highest BCUT2D eigenvalue weighted by atomic mass is 35.5. The van der Waals surface area contributed by atoms with Crippen LogP contribution < -0.4 is 14.8 Å². The number of hydrogen-bond donors (Lipinski definition) is 2. The quantitative estimate of drug-likeness (QED) is 0.461. The van der Waals surface area contributed by atoms with Crippen LogP contribution in [0.4, 0.5) is 8.78 Å². The lowest BCUT2D eigenvalue weighted by atomic mass is 9.99. The van der Waals surface area contributed by atoms with Crippen molar-refractivity contribution in [3.05, 3.63) is 58.8 Å². The van der Waals surface area contributed by atoms with Crippen LogP contribution >= 0.6 is 11.6 Å². The summed E-state index contributed by atoms with van der Waals surface area (Å²) in [5.41, 5.74) is 0.647. The van der Waals surface area contributed by atoms with Gasteiger partial charge in [-0.2, -0.15) is 8.78 Å². The molecule has 0 radical (unpaired) electrons. The first kappa shape index (κ1) is 24.5. The zero-order valence-electron chi connectivity index (χ0n) is 20.0. The lowest BCUT2D eigenvalue weighted by molar-refractivity contribution is -0.151. The Morgan fingerprint density at radius 2 is 1.95 bits per heavy atom. The highest BCUT2D eigenvalue weighted by Crippen LogP contribution is 2.39. The smallest absolute Gasteiger partial charge is 0.380 e. The highest BCUT2D eigenvalue weighted by molar-refractivity contribution is 6.31. The SMILES string of the molecule is O=C(N[C@H](CN1CC2CCC1C2)[C@H](O)c1ccc2c(c1)OCCO2)C(F)(F)c1cc2cc(Cl)ccc2o1. The molecule has 2 fully saturated rings. The molecular formula is C27H27ClF2N2O5. The number of furan rings is 1. The van der Waals surface area contributed by atoms with Gasteiger partial charge >= 0.3 is 5.92 Å². The summed E-state index contributed by atoms with van der Waals surface area (Å²) in [4.78, 5) is 15.2. The van der Waals surface area contributed by atoms with E-state index in [0.29, 0.717) is 52.6 Å². The van der Waals surface area contributed by atoms with E-state index in [1.807, 2.05) is 0 Å². The zero-order chi connectivity index (χ0) is 25.7. The van der Waals surface area contributed by atoms with Gasteiger partial charge in [0, 0.05) is 29.5 Å². The second kappa shape index (κ2) is 9.45. The number of nitrogens with one attached hydrogen (secondary N) is 1. The fourth-order valence-corrected chi connectivity index (χ4v) is 5.92. The fraction of sp³-hybridized carbons (Fsp3) is 0.444. The molecule has 1 saturated heterocycles. The molecule has 2 bridgehead atoms. The average Bonchev–Trinajstić information content (AvgIpc) is 3.63. The minimum Gasteiger partial charge on any atom is -0.486 e. The Hall–Kier alpha value is -2.88. The van der Waals surface area contributed by atoms with Gasteiger partial charge in [0.2, 0.25) is 0 Å². The van der Waals surface area contributed by atoms with E-state index >= 15 is 8.78 Å². The molecule has 3 heterocycles. The van der Waals surface area contributed by atoms with E-state index in [1.165, 1.54) is 18.2 Å². The molecule has 1 aromatic heterocycles. The number of benzene rings is 2. The van der Waals surface area contributed by atoms with Crippen molar-refractivity contribution < 1.29 is 32.6 Å². The molecule has 1 aliphatic carbocycles. The number of piperidine rings is 1. The Labute approximate surface area is 217 Å². The van der Waals surface area contributed by atoms with Gasteiger partial charge in [-0.15, -0.1) is 0 Å². The van der Waals surface area contributed by atoms with Gasteiger partial charge in [0.05, 0.1) is 6.04 Å². The van der Waals surface area contributed by atoms with Crippen molar-refractivity contribution in [1.29, 1.82) is 0 Å². The number of amides is 1. The summed E-state index contributed by atoms with van der Waals surface area (Å²) < 4.78 is 47.1. The third-order valence-corrected chi connectivity index (χ3v) is 7.87. The van der Waals surface area contributed by atoms with E-state index in [9.17, 15) is 9.90 Å². The normalized spacial score (nSPS) is 22.8. The van der Waals surface area contributed by atoms with Crippen LogP contribution in [0.15, 0.2) is 46.9 Å². The lowest BCUT2D eigenvalue weighted by Crippen LogP contribution is -2.52. The summed E-state index contributed by atoms with van der Waals surface area (Å²) in [5.74, 6) is -4.69. The Kier molecular flexibility index (Phi) is 6.25. The molecule has 4 atom stereocenters. The second-order valence-corrected chi connectivity index (χ2v) is 10.5. The fourth-order valence-electron chi connectivity index (χ4n) is 5.74. The number of ether oxygens (including phenoxy) is 2. The highest BCUT2D eigenvalue weighted by Gasteiger charge is 2.47. The summed E-state index contributed by atoms with van der Waals surface area (Å²) in [6, 6.07) is 9.94. The predicted octanol–water partition coefficient (Wildman–Crippen LogP) is 4.65. The van der Waals surface area contributed by atoms with Crippen molar-refractivity contribution in [3.8, 4) is 11.5 Å². The maximum Gasteiger partial charge on any atom is 0.380 e. The molecule has 0 spiro atoms. The third kappa shape index (κ3) is 4.64. The van der Waals surface area contributed by atoms with Crippen LogP contribution in [-0.4, -0.2) is 54.3 Å². The van der Waals surface area contributed by atoms with E-state index in [2.05, 4.69) is 10.2 Å². The first-order chi connectivity index (χ1) is 17.8. The Morgan fingerprint density at radius 1 is 1.14 bits per heavy atom. The van der Waals surface area contributed by atoms with Crippen molar-refractivity contribution in [2.45, 2.75) is 43.4 Å². The molecular weight excluding hydrogens is 506 g/mol. The first-order valence-corrected chi connectivity index (χ1v) is 12.9. The molecule has 1 saturated carbocycles. The summed E-state index contributed by atoms with van der Waals surface area (Å²) in [6.07, 6.45) is 1.99. The standard InChI is InChI=1S/C27H27ClF2N2O5/c28-18-3-6-21-17(10-18)12-24(37-21)27(29,30)26(34)31-20(14-32-13-15-1-4-19(32)9-15)25(33)16-2-5-22-23(11-16)36-8-7-35-22/h2-3,5-6,10-12,15,19-20,25,33H,1,4,7-9,13-14H2,(H,31,34)/t15?,19?,20-,25-/m1/s1. The number of nitrogens with zero attached hydrogens (tertiary/aromatic N) is 1. The number of aliphatic hydroxyl groups is 1. The maximum absolute atomic E-state index is 15.3. The van der Waals surface area contributed by atoms with Gasteiger partial charge in [-0.05, 0) is 67.1 Å². The Balaban J connectivity index is 1.26. The molecule has 3 aliphatic rings. The van der Waals surface area contributed by atoms with E-state index in [-0.39, 0.29) is 12.1 Å². The van der Waals surface area contributed by atoms with Gasteiger partial charge in [0.1, 0.15) is 24.9 Å². The van der Waals surface area contributed by atoms with Crippen molar-refractivity contribution in [2.75, 3.05) is 26.3 Å². The lowest BCUT2D eigenvalue weighted by Gasteiger charge is -2.34. The molecule has 10 heteroatoms. The average molecular weight is 533 g/mol. The van der Waals surface area contributed by atoms with Gasteiger partial charge in [-0.1, -0.05) is 17.7 Å². The number of rotatable bonds is 7. The first-order valence-electron chi connectivity index (χ1n) is 12.5. The van der Waals surface area contributed by atoms with E-state index in [1.54, 1.807) is 18.2 Å². The molecule has 2 aliphatic heterocycles. The number of alkyl halides is 2. The third-order valence-electron chi connectivity index (χ3n) is 7.63. The van der Waals surface area contributed by atoms with Crippen molar-refractivity contribution in [3.63, 3.8) is 0 Å². The number of carbonyl (C=O) groups is 1. The molecule has 2 unspecified atom stereocenters. The summed E-state index contributed by atoms with van der Waals surface area (Å²) in [7, 11) is 0. The Morgan fingerprint density at radius 3 is 2.70 bits per heavy atom. The predicted molar refractivity (Wildman–Crippen MR) is 132 cm³/mol. The van der Waals surface area contributed by atoms with Crippen LogP contribution in [0.2, 0.25) is 5.02 Å². The maximum atomic E-state index is 15.3. The van der Waals surface area contributed by atoms with Crippen molar-refractivity contribution in [2.24, 2.45) is 5.92 Å². The van der Waals surface area contributed by atoms with Crippen molar-refractivity contribution in [1.82, 2.24) is 10.2 Å². The molecule has 2 aromatic carbocycles. The minimum absolute atomic E-state index is 0.202. The largest absolute Gasteiger partial charge is 0.486 e. The van der Waals surface area contributed by atoms with E-state index < -0.39 is 29.7 Å². The summed E-state index contributed by atoms with van der Waals surface area (Å²) >= 11 is 5.96. The summed E-state index contributed by atoms with van der Waals surface area (Å²) in [5, 5.41) is 14.5. The summed E-state index contributed by atoms with van der Waals surface area (Å²) in [6.45, 7) is 1.87. The molecule has 2 N–H and O–H groups in total. The number of aliphatic hydroxyl groups excluding tert-OH is 1.